The van der Waals surface area contributed by atoms with Gasteiger partial charge >= 0.3 is 0 Å². The van der Waals surface area contributed by atoms with Crippen LogP contribution >= 0.6 is 0 Å². The summed E-state index contributed by atoms with van der Waals surface area (Å²) in [7, 11) is 0. The highest BCUT2D eigenvalue weighted by Gasteiger charge is 2.31. The molecule has 1 N–H and O–H groups in total. The number of ether oxygens (including phenoxy) is 1. The van der Waals surface area contributed by atoms with Gasteiger partial charge < -0.3 is 15.0 Å². The molecule has 1 heterocycles. The van der Waals surface area contributed by atoms with Crippen molar-refractivity contribution >= 4 is 11.8 Å². The van der Waals surface area contributed by atoms with E-state index in [2.05, 4.69) is 10.2 Å². The number of carbonyl (C=O) groups excluding carboxylic acids is 2. The molecule has 6 nitrogen and oxygen atoms in total. The van der Waals surface area contributed by atoms with Crippen LogP contribution in [0.15, 0.2) is 84.9 Å². The third-order valence-corrected chi connectivity index (χ3v) is 6.56. The van der Waals surface area contributed by atoms with Gasteiger partial charge in [-0.25, -0.2) is 4.39 Å². The van der Waals surface area contributed by atoms with Crippen LogP contribution in [0, 0.1) is 5.82 Å². The highest BCUT2D eigenvalue weighted by atomic mass is 19.1. The van der Waals surface area contributed by atoms with Gasteiger partial charge in [0.2, 0.25) is 11.8 Å². The molecule has 7 heteroatoms. The Balaban J connectivity index is 1.55. The minimum absolute atomic E-state index is 0.134. The number of rotatable bonds is 11. The SMILES string of the molecule is O=C(NCCN1CCOCC1)C(c1ccccc1)N(Cc1ccc(F)cc1)C(=O)CCc1ccccc1. The number of hydrogen-bond donors (Lipinski definition) is 1. The maximum Gasteiger partial charge on any atom is 0.247 e. The number of nitrogens with zero attached hydrogens (tertiary/aromatic N) is 2. The van der Waals surface area contributed by atoms with Crippen molar-refractivity contribution in [1.29, 1.82) is 0 Å². The van der Waals surface area contributed by atoms with Crippen LogP contribution in [0.4, 0.5) is 4.39 Å². The Morgan fingerprint density at radius 1 is 0.892 bits per heavy atom. The zero-order valence-electron chi connectivity index (χ0n) is 21.0. The van der Waals surface area contributed by atoms with Crippen LogP contribution in [0.3, 0.4) is 0 Å². The van der Waals surface area contributed by atoms with Gasteiger partial charge in [0.1, 0.15) is 11.9 Å². The predicted molar refractivity (Wildman–Crippen MR) is 141 cm³/mol. The van der Waals surface area contributed by atoms with Crippen LogP contribution in [0.2, 0.25) is 0 Å². The Morgan fingerprint density at radius 2 is 1.54 bits per heavy atom. The van der Waals surface area contributed by atoms with Crippen molar-refractivity contribution < 1.29 is 18.7 Å². The lowest BCUT2D eigenvalue weighted by Crippen LogP contribution is -2.46. The standard InChI is InChI=1S/C30H34FN3O3/c31-27-14-11-25(12-15-27)23-34(28(35)16-13-24-7-3-1-4-8-24)29(26-9-5-2-6-10-26)30(36)32-17-18-33-19-21-37-22-20-33/h1-12,14-15,29H,13,16-23H2,(H,32,36). The summed E-state index contributed by atoms with van der Waals surface area (Å²) in [6.45, 7) is 4.47. The smallest absolute Gasteiger partial charge is 0.247 e. The zero-order valence-corrected chi connectivity index (χ0v) is 21.0. The molecule has 0 spiro atoms. The molecule has 0 radical (unpaired) electrons. The second-order valence-electron chi connectivity index (χ2n) is 9.19. The fraction of sp³-hybridized carbons (Fsp3) is 0.333. The lowest BCUT2D eigenvalue weighted by molar-refractivity contribution is -0.141. The molecule has 1 fully saturated rings. The minimum atomic E-state index is -0.806. The van der Waals surface area contributed by atoms with E-state index < -0.39 is 6.04 Å². The topological polar surface area (TPSA) is 61.9 Å². The Bertz CT molecular complexity index is 1120. The molecule has 4 rings (SSSR count). The first-order chi connectivity index (χ1) is 18.1. The van der Waals surface area contributed by atoms with Gasteiger partial charge in [-0.15, -0.1) is 0 Å². The summed E-state index contributed by atoms with van der Waals surface area (Å²) in [6, 6.07) is 24.5. The predicted octanol–water partition coefficient (Wildman–Crippen LogP) is 3.98. The average Bonchev–Trinajstić information content (AvgIpc) is 2.94. The number of hydrogen-bond acceptors (Lipinski definition) is 4. The van der Waals surface area contributed by atoms with E-state index in [9.17, 15) is 14.0 Å². The van der Waals surface area contributed by atoms with E-state index in [1.54, 1.807) is 17.0 Å². The number of halogens is 1. The molecule has 3 aromatic rings. The van der Waals surface area contributed by atoms with Crippen molar-refractivity contribution in [2.24, 2.45) is 0 Å². The fourth-order valence-electron chi connectivity index (χ4n) is 4.52. The van der Waals surface area contributed by atoms with Gasteiger partial charge in [0, 0.05) is 39.1 Å². The summed E-state index contributed by atoms with van der Waals surface area (Å²) in [4.78, 5) is 31.2. The number of aryl methyl sites for hydroxylation is 1. The first kappa shape index (κ1) is 26.5. The van der Waals surface area contributed by atoms with E-state index >= 15 is 0 Å². The third-order valence-electron chi connectivity index (χ3n) is 6.56. The van der Waals surface area contributed by atoms with E-state index in [0.29, 0.717) is 26.2 Å². The number of benzene rings is 3. The molecule has 2 amide bonds. The third kappa shape index (κ3) is 7.97. The average molecular weight is 504 g/mol. The quantitative estimate of drug-likeness (QED) is 0.430. The largest absolute Gasteiger partial charge is 0.379 e. The Labute approximate surface area is 218 Å². The molecule has 1 unspecified atom stereocenters. The van der Waals surface area contributed by atoms with E-state index in [0.717, 1.165) is 36.3 Å². The van der Waals surface area contributed by atoms with Crippen LogP contribution in [0.1, 0.15) is 29.2 Å². The molecule has 194 valence electrons. The molecule has 37 heavy (non-hydrogen) atoms. The van der Waals surface area contributed by atoms with Gasteiger partial charge in [0.15, 0.2) is 0 Å². The van der Waals surface area contributed by atoms with E-state index in [-0.39, 0.29) is 30.6 Å². The first-order valence-electron chi connectivity index (χ1n) is 12.8. The monoisotopic (exact) mass is 503 g/mol. The Morgan fingerprint density at radius 3 is 2.22 bits per heavy atom. The van der Waals surface area contributed by atoms with Crippen molar-refractivity contribution in [3.8, 4) is 0 Å². The molecule has 1 saturated heterocycles. The van der Waals surface area contributed by atoms with Gasteiger partial charge in [-0.05, 0) is 35.2 Å². The molecular weight excluding hydrogens is 469 g/mol. The van der Waals surface area contributed by atoms with Crippen LogP contribution < -0.4 is 5.32 Å². The maximum absolute atomic E-state index is 13.7. The molecular formula is C30H34FN3O3. The maximum atomic E-state index is 13.7. The summed E-state index contributed by atoms with van der Waals surface area (Å²) in [6.07, 6.45) is 0.829. The van der Waals surface area contributed by atoms with Crippen LogP contribution in [-0.4, -0.2) is 61.0 Å². The summed E-state index contributed by atoms with van der Waals surface area (Å²) >= 11 is 0. The van der Waals surface area contributed by atoms with Crippen molar-refractivity contribution in [3.63, 3.8) is 0 Å². The Hall–Kier alpha value is -3.55. The normalized spacial score (nSPS) is 14.6. The molecule has 0 bridgehead atoms. The highest BCUT2D eigenvalue weighted by Crippen LogP contribution is 2.25. The van der Waals surface area contributed by atoms with Gasteiger partial charge in [-0.1, -0.05) is 72.8 Å². The van der Waals surface area contributed by atoms with Crippen LogP contribution in [0.25, 0.3) is 0 Å². The summed E-state index contributed by atoms with van der Waals surface area (Å²) in [5.74, 6) is -0.703. The minimum Gasteiger partial charge on any atom is -0.379 e. The van der Waals surface area contributed by atoms with Crippen molar-refractivity contribution in [2.45, 2.75) is 25.4 Å². The fourth-order valence-corrected chi connectivity index (χ4v) is 4.52. The van der Waals surface area contributed by atoms with Gasteiger partial charge in [0.05, 0.1) is 13.2 Å². The number of nitrogens with one attached hydrogen (secondary N) is 1. The second kappa shape index (κ2) is 13.7. The lowest BCUT2D eigenvalue weighted by atomic mass is 10.0. The summed E-state index contributed by atoms with van der Waals surface area (Å²) in [5, 5.41) is 3.06. The van der Waals surface area contributed by atoms with E-state index in [1.807, 2.05) is 60.7 Å². The molecule has 3 aromatic carbocycles. The number of amides is 2. The molecule has 1 aliphatic heterocycles. The number of morpholine rings is 1. The molecule has 0 saturated carbocycles. The zero-order chi connectivity index (χ0) is 25.9. The van der Waals surface area contributed by atoms with E-state index in [4.69, 9.17) is 4.74 Å². The molecule has 0 aromatic heterocycles. The van der Waals surface area contributed by atoms with Crippen LogP contribution in [-0.2, 0) is 27.3 Å². The van der Waals surface area contributed by atoms with Crippen LogP contribution in [0.5, 0.6) is 0 Å². The van der Waals surface area contributed by atoms with Crippen molar-refractivity contribution in [2.75, 3.05) is 39.4 Å². The summed E-state index contributed by atoms with van der Waals surface area (Å²) < 4.78 is 19.0. The highest BCUT2D eigenvalue weighted by molar-refractivity contribution is 5.88. The van der Waals surface area contributed by atoms with Crippen molar-refractivity contribution in [3.05, 3.63) is 107 Å². The molecule has 1 aliphatic rings. The lowest BCUT2D eigenvalue weighted by Gasteiger charge is -2.32. The summed E-state index contributed by atoms with van der Waals surface area (Å²) in [5.41, 5.74) is 2.56. The van der Waals surface area contributed by atoms with Gasteiger partial charge in [-0.2, -0.15) is 0 Å². The first-order valence-corrected chi connectivity index (χ1v) is 12.8. The molecule has 1 atom stereocenters. The molecule has 0 aliphatic carbocycles. The van der Waals surface area contributed by atoms with Gasteiger partial charge in [0.25, 0.3) is 0 Å². The van der Waals surface area contributed by atoms with E-state index in [1.165, 1.54) is 12.1 Å². The number of carbonyl (C=O) groups is 2. The van der Waals surface area contributed by atoms with Crippen molar-refractivity contribution in [1.82, 2.24) is 15.1 Å². The van der Waals surface area contributed by atoms with Gasteiger partial charge in [-0.3, -0.25) is 14.5 Å². The second-order valence-corrected chi connectivity index (χ2v) is 9.19. The Kier molecular flexibility index (Phi) is 9.80.